The van der Waals surface area contributed by atoms with Crippen LogP contribution in [0.4, 0.5) is 0 Å². The zero-order chi connectivity index (χ0) is 24.0. The summed E-state index contributed by atoms with van der Waals surface area (Å²) in [5.41, 5.74) is 4.39. The van der Waals surface area contributed by atoms with Gasteiger partial charge in [0.15, 0.2) is 0 Å². The fourth-order valence-electron chi connectivity index (χ4n) is 3.84. The summed E-state index contributed by atoms with van der Waals surface area (Å²) in [4.78, 5) is 18.1. The fraction of sp³-hybridized carbons (Fsp3) is 0.480. The van der Waals surface area contributed by atoms with Gasteiger partial charge in [-0.1, -0.05) is 25.9 Å². The Bertz CT molecular complexity index is 1070. The molecule has 3 N–H and O–H groups in total. The molecule has 0 saturated heterocycles. The van der Waals surface area contributed by atoms with Crippen molar-refractivity contribution in [2.24, 2.45) is 5.92 Å². The number of hydrogen-bond acceptors (Lipinski definition) is 7. The third-order valence-electron chi connectivity index (χ3n) is 5.52. The van der Waals surface area contributed by atoms with E-state index in [-0.39, 0.29) is 6.54 Å². The van der Waals surface area contributed by atoms with Crippen molar-refractivity contribution in [2.75, 3.05) is 13.2 Å². The molecule has 2 aromatic heterocycles. The third kappa shape index (κ3) is 6.72. The van der Waals surface area contributed by atoms with Gasteiger partial charge in [0.25, 0.3) is 5.89 Å². The molecule has 0 fully saturated rings. The smallest absolute Gasteiger partial charge is 0.268 e. The van der Waals surface area contributed by atoms with Crippen molar-refractivity contribution in [3.05, 3.63) is 45.8 Å². The molecule has 0 spiro atoms. The van der Waals surface area contributed by atoms with E-state index in [4.69, 9.17) is 9.63 Å². The summed E-state index contributed by atoms with van der Waals surface area (Å²) in [6, 6.07) is 8.32. The number of aliphatic hydroxyl groups is 2. The molecule has 0 radical (unpaired) electrons. The van der Waals surface area contributed by atoms with E-state index in [0.717, 1.165) is 28.8 Å². The van der Waals surface area contributed by atoms with Gasteiger partial charge in [0, 0.05) is 17.0 Å². The number of thiophene rings is 1. The maximum atomic E-state index is 11.2. The predicted molar refractivity (Wildman–Crippen MR) is 130 cm³/mol. The molecule has 0 bridgehead atoms. The first-order valence-corrected chi connectivity index (χ1v) is 12.2. The first-order valence-electron chi connectivity index (χ1n) is 11.4. The van der Waals surface area contributed by atoms with Crippen molar-refractivity contribution in [3.63, 3.8) is 0 Å². The second kappa shape index (κ2) is 11.5. The van der Waals surface area contributed by atoms with Crippen LogP contribution in [0.25, 0.3) is 22.2 Å². The van der Waals surface area contributed by atoms with Gasteiger partial charge in [0.05, 0.1) is 11.0 Å². The monoisotopic (exact) mass is 471 g/mol. The Balaban J connectivity index is 1.73. The Morgan fingerprint density at radius 2 is 2.06 bits per heavy atom. The molecule has 33 heavy (non-hydrogen) atoms. The van der Waals surface area contributed by atoms with Crippen LogP contribution >= 0.6 is 11.3 Å². The number of aryl methyl sites for hydroxylation is 2. The highest BCUT2D eigenvalue weighted by Gasteiger charge is 2.17. The van der Waals surface area contributed by atoms with E-state index in [1.807, 2.05) is 6.07 Å². The third-order valence-corrected chi connectivity index (χ3v) is 6.61. The van der Waals surface area contributed by atoms with Crippen LogP contribution in [0.1, 0.15) is 48.8 Å². The summed E-state index contributed by atoms with van der Waals surface area (Å²) in [6.07, 6.45) is 2.42. The number of nitrogens with zero attached hydrogens (tertiary/aromatic N) is 2. The maximum absolute atomic E-state index is 11.2. The number of hydrogen-bond donors (Lipinski definition) is 3. The van der Waals surface area contributed by atoms with Gasteiger partial charge in [-0.05, 0) is 79.5 Å². The van der Waals surface area contributed by atoms with Crippen LogP contribution in [0.15, 0.2) is 28.8 Å². The molecule has 1 aromatic carbocycles. The van der Waals surface area contributed by atoms with E-state index in [2.05, 4.69) is 61.4 Å². The molecule has 1 amide bonds. The number of carbonyl (C=O) groups excluding carboxylic acids is 1. The SMILES string of the molecule is CCc1cc(-c2noc(-c3ccc(CC(C)C)s3)n2)cc(C)c1CCC(O)CNC(=O)CO. The number of aliphatic hydroxyl groups excluding tert-OH is 2. The van der Waals surface area contributed by atoms with E-state index in [1.54, 1.807) is 11.3 Å². The molecule has 1 atom stereocenters. The summed E-state index contributed by atoms with van der Waals surface area (Å²) in [5.74, 6) is 1.23. The molecule has 0 saturated carbocycles. The largest absolute Gasteiger partial charge is 0.391 e. The van der Waals surface area contributed by atoms with Gasteiger partial charge >= 0.3 is 0 Å². The number of aromatic nitrogens is 2. The van der Waals surface area contributed by atoms with Gasteiger partial charge in [0.2, 0.25) is 11.7 Å². The first kappa shape index (κ1) is 25.1. The summed E-state index contributed by atoms with van der Waals surface area (Å²) < 4.78 is 5.57. The van der Waals surface area contributed by atoms with Crippen molar-refractivity contribution < 1.29 is 19.5 Å². The average molecular weight is 472 g/mol. The van der Waals surface area contributed by atoms with Crippen LogP contribution in [-0.4, -0.2) is 45.5 Å². The molecule has 7 nitrogen and oxygen atoms in total. The maximum Gasteiger partial charge on any atom is 0.268 e. The number of benzene rings is 1. The van der Waals surface area contributed by atoms with E-state index in [0.29, 0.717) is 30.5 Å². The van der Waals surface area contributed by atoms with Gasteiger partial charge in [-0.15, -0.1) is 11.3 Å². The zero-order valence-corrected chi connectivity index (χ0v) is 20.5. The highest BCUT2D eigenvalue weighted by molar-refractivity contribution is 7.15. The lowest BCUT2D eigenvalue weighted by atomic mass is 9.92. The normalized spacial score (nSPS) is 12.3. The topological polar surface area (TPSA) is 108 Å². The number of nitrogens with one attached hydrogen (secondary N) is 1. The Morgan fingerprint density at radius 1 is 1.27 bits per heavy atom. The molecule has 178 valence electrons. The molecule has 0 aliphatic carbocycles. The van der Waals surface area contributed by atoms with Crippen molar-refractivity contribution in [1.29, 1.82) is 0 Å². The van der Waals surface area contributed by atoms with Crippen LogP contribution < -0.4 is 5.32 Å². The van der Waals surface area contributed by atoms with Crippen molar-refractivity contribution in [1.82, 2.24) is 15.5 Å². The first-order chi connectivity index (χ1) is 15.8. The van der Waals surface area contributed by atoms with Crippen LogP contribution in [0.5, 0.6) is 0 Å². The van der Waals surface area contributed by atoms with Gasteiger partial charge in [-0.2, -0.15) is 4.98 Å². The van der Waals surface area contributed by atoms with Crippen LogP contribution in [0.2, 0.25) is 0 Å². The molecular weight excluding hydrogens is 438 g/mol. The molecule has 0 aliphatic heterocycles. The summed E-state index contributed by atoms with van der Waals surface area (Å²) in [5, 5.41) is 25.7. The van der Waals surface area contributed by atoms with Gasteiger partial charge in [-0.25, -0.2) is 0 Å². The molecule has 3 rings (SSSR count). The number of rotatable bonds is 11. The highest BCUT2D eigenvalue weighted by atomic mass is 32.1. The fourth-order valence-corrected chi connectivity index (χ4v) is 4.98. The molecule has 8 heteroatoms. The van der Waals surface area contributed by atoms with Gasteiger partial charge in [-0.3, -0.25) is 4.79 Å². The van der Waals surface area contributed by atoms with Crippen LogP contribution in [0, 0.1) is 12.8 Å². The Morgan fingerprint density at radius 3 is 2.76 bits per heavy atom. The molecule has 1 unspecified atom stereocenters. The molecule has 2 heterocycles. The zero-order valence-electron chi connectivity index (χ0n) is 19.7. The minimum atomic E-state index is -0.671. The van der Waals surface area contributed by atoms with Crippen LogP contribution in [0.3, 0.4) is 0 Å². The lowest BCUT2D eigenvalue weighted by Gasteiger charge is -2.16. The van der Waals surface area contributed by atoms with E-state index >= 15 is 0 Å². The molecular formula is C25H33N3O4S. The lowest BCUT2D eigenvalue weighted by molar-refractivity contribution is -0.124. The minimum Gasteiger partial charge on any atom is -0.391 e. The Hall–Kier alpha value is -2.55. The minimum absolute atomic E-state index is 0.130. The number of carbonyl (C=O) groups is 1. The van der Waals surface area contributed by atoms with Crippen LogP contribution in [-0.2, 0) is 24.1 Å². The van der Waals surface area contributed by atoms with E-state index < -0.39 is 18.6 Å². The van der Waals surface area contributed by atoms with Gasteiger partial charge < -0.3 is 20.1 Å². The Kier molecular flexibility index (Phi) is 8.77. The average Bonchev–Trinajstić information content (AvgIpc) is 3.45. The van der Waals surface area contributed by atoms with Crippen molar-refractivity contribution in [2.45, 2.75) is 59.5 Å². The van der Waals surface area contributed by atoms with Crippen molar-refractivity contribution >= 4 is 17.2 Å². The van der Waals surface area contributed by atoms with E-state index in [9.17, 15) is 9.90 Å². The lowest BCUT2D eigenvalue weighted by Crippen LogP contribution is -2.34. The van der Waals surface area contributed by atoms with Gasteiger partial charge in [0.1, 0.15) is 6.61 Å². The number of amides is 1. The standard InChI is InChI=1S/C25H33N3O4S/c1-5-17-12-18(11-16(4)21(17)8-6-19(30)13-26-23(31)14-29)24-27-25(32-28-24)22-9-7-20(33-22)10-15(2)3/h7,9,11-12,15,19,29-30H,5-6,8,10,13-14H2,1-4H3,(H,26,31). The molecule has 0 aliphatic rings. The Labute approximate surface area is 198 Å². The molecule has 3 aromatic rings. The van der Waals surface area contributed by atoms with E-state index in [1.165, 1.54) is 16.0 Å². The summed E-state index contributed by atoms with van der Waals surface area (Å²) in [6.45, 7) is 8.12. The second-order valence-corrected chi connectivity index (χ2v) is 9.89. The summed E-state index contributed by atoms with van der Waals surface area (Å²) >= 11 is 1.69. The summed E-state index contributed by atoms with van der Waals surface area (Å²) in [7, 11) is 0. The quantitative estimate of drug-likeness (QED) is 0.391. The predicted octanol–water partition coefficient (Wildman–Crippen LogP) is 3.94. The second-order valence-electron chi connectivity index (χ2n) is 8.73. The highest BCUT2D eigenvalue weighted by Crippen LogP contribution is 2.31. The van der Waals surface area contributed by atoms with Crippen molar-refractivity contribution in [3.8, 4) is 22.2 Å².